The number of amides is 1. The molecule has 2 heterocycles. The van der Waals surface area contributed by atoms with Gasteiger partial charge in [0, 0.05) is 18.8 Å². The average molecular weight is 279 g/mol. The van der Waals surface area contributed by atoms with Crippen LogP contribution in [0.4, 0.5) is 19.0 Å². The molecule has 1 atom stereocenters. The summed E-state index contributed by atoms with van der Waals surface area (Å²) in [7, 11) is 0. The zero-order chi connectivity index (χ0) is 13.3. The van der Waals surface area contributed by atoms with E-state index in [1.165, 1.54) is 17.0 Å². The van der Waals surface area contributed by atoms with E-state index in [2.05, 4.69) is 4.98 Å². The highest BCUT2D eigenvalue weighted by molar-refractivity contribution is 6.18. The second-order valence-corrected chi connectivity index (χ2v) is 4.42. The van der Waals surface area contributed by atoms with E-state index in [1.54, 1.807) is 0 Å². The number of carbonyl (C=O) groups is 1. The highest BCUT2D eigenvalue weighted by Gasteiger charge is 2.35. The van der Waals surface area contributed by atoms with Crippen molar-refractivity contribution in [3.8, 4) is 0 Å². The van der Waals surface area contributed by atoms with Gasteiger partial charge in [-0.25, -0.2) is 4.98 Å². The molecule has 0 aromatic carbocycles. The van der Waals surface area contributed by atoms with E-state index < -0.39 is 11.9 Å². The van der Waals surface area contributed by atoms with Crippen LogP contribution in [0, 0.1) is 5.92 Å². The van der Waals surface area contributed by atoms with Crippen molar-refractivity contribution in [3.63, 3.8) is 0 Å². The van der Waals surface area contributed by atoms with E-state index >= 15 is 0 Å². The number of hydrogen-bond donors (Lipinski definition) is 0. The van der Waals surface area contributed by atoms with Crippen LogP contribution in [0.25, 0.3) is 0 Å². The second-order valence-electron chi connectivity index (χ2n) is 4.11. The van der Waals surface area contributed by atoms with Crippen molar-refractivity contribution in [2.24, 2.45) is 5.92 Å². The molecule has 0 bridgehead atoms. The lowest BCUT2D eigenvalue weighted by atomic mass is 10.1. The SMILES string of the molecule is O=C1CC(CCl)CN1c1cccc(C(F)(F)F)n1. The highest BCUT2D eigenvalue weighted by Crippen LogP contribution is 2.30. The van der Waals surface area contributed by atoms with Crippen LogP contribution in [0.1, 0.15) is 12.1 Å². The number of aromatic nitrogens is 1. The maximum absolute atomic E-state index is 12.5. The Morgan fingerprint density at radius 1 is 1.44 bits per heavy atom. The van der Waals surface area contributed by atoms with Gasteiger partial charge < -0.3 is 0 Å². The van der Waals surface area contributed by atoms with Gasteiger partial charge in [0.05, 0.1) is 0 Å². The predicted octanol–water partition coefficient (Wildman–Crippen LogP) is 2.69. The van der Waals surface area contributed by atoms with Crippen LogP contribution in [0.3, 0.4) is 0 Å². The smallest absolute Gasteiger partial charge is 0.296 e. The molecule has 1 fully saturated rings. The number of halogens is 4. The van der Waals surface area contributed by atoms with Crippen LogP contribution in [0.5, 0.6) is 0 Å². The minimum Gasteiger partial charge on any atom is -0.296 e. The zero-order valence-corrected chi connectivity index (χ0v) is 10.0. The summed E-state index contributed by atoms with van der Waals surface area (Å²) in [5.41, 5.74) is -0.998. The molecule has 1 unspecified atom stereocenters. The zero-order valence-electron chi connectivity index (χ0n) is 9.25. The van der Waals surface area contributed by atoms with Crippen LogP contribution < -0.4 is 4.90 Å². The summed E-state index contributed by atoms with van der Waals surface area (Å²) in [5, 5.41) is 0. The topological polar surface area (TPSA) is 33.2 Å². The molecule has 2 rings (SSSR count). The normalized spacial score (nSPS) is 20.6. The largest absolute Gasteiger partial charge is 0.433 e. The maximum Gasteiger partial charge on any atom is 0.433 e. The first kappa shape index (κ1) is 13.1. The third kappa shape index (κ3) is 2.58. The fourth-order valence-electron chi connectivity index (χ4n) is 1.84. The Morgan fingerprint density at radius 3 is 2.72 bits per heavy atom. The van der Waals surface area contributed by atoms with E-state index in [9.17, 15) is 18.0 Å². The highest BCUT2D eigenvalue weighted by atomic mass is 35.5. The van der Waals surface area contributed by atoms with E-state index in [1.807, 2.05) is 0 Å². The molecule has 1 aromatic heterocycles. The van der Waals surface area contributed by atoms with Gasteiger partial charge in [-0.15, -0.1) is 11.6 Å². The summed E-state index contributed by atoms with van der Waals surface area (Å²) in [6.45, 7) is 0.316. The maximum atomic E-state index is 12.5. The molecule has 0 N–H and O–H groups in total. The molecule has 1 saturated heterocycles. The lowest BCUT2D eigenvalue weighted by Crippen LogP contribution is -2.26. The summed E-state index contributed by atoms with van der Waals surface area (Å²) in [5.74, 6) is 0.0618. The first-order chi connectivity index (χ1) is 8.41. The molecule has 0 spiro atoms. The third-order valence-corrected chi connectivity index (χ3v) is 3.16. The monoisotopic (exact) mass is 278 g/mol. The molecule has 1 aliphatic heterocycles. The molecule has 98 valence electrons. The Labute approximate surface area is 107 Å². The quantitative estimate of drug-likeness (QED) is 0.779. The van der Waals surface area contributed by atoms with Crippen LogP contribution in [-0.4, -0.2) is 23.3 Å². The van der Waals surface area contributed by atoms with Crippen molar-refractivity contribution in [1.82, 2.24) is 4.98 Å². The minimum absolute atomic E-state index is 0.0300. The van der Waals surface area contributed by atoms with Crippen LogP contribution >= 0.6 is 11.6 Å². The van der Waals surface area contributed by atoms with Crippen LogP contribution in [0.15, 0.2) is 18.2 Å². The minimum atomic E-state index is -4.51. The predicted molar refractivity (Wildman–Crippen MR) is 60.4 cm³/mol. The summed E-state index contributed by atoms with van der Waals surface area (Å²) in [6.07, 6.45) is -4.26. The third-order valence-electron chi connectivity index (χ3n) is 2.72. The van der Waals surface area contributed by atoms with E-state index in [4.69, 9.17) is 11.6 Å². The van der Waals surface area contributed by atoms with Crippen LogP contribution in [0.2, 0.25) is 0 Å². The standard InChI is InChI=1S/C11H10ClF3N2O/c12-5-7-4-10(18)17(6-7)9-3-1-2-8(16-9)11(13,14)15/h1-3,7H,4-6H2. The van der Waals surface area contributed by atoms with Crippen molar-refractivity contribution < 1.29 is 18.0 Å². The van der Waals surface area contributed by atoms with Crippen LogP contribution in [-0.2, 0) is 11.0 Å². The molecule has 0 saturated carbocycles. The molecule has 1 amide bonds. The van der Waals surface area contributed by atoms with Gasteiger partial charge in [-0.3, -0.25) is 9.69 Å². The summed E-state index contributed by atoms with van der Waals surface area (Å²) in [6, 6.07) is 3.51. The van der Waals surface area contributed by atoms with Crippen molar-refractivity contribution in [2.75, 3.05) is 17.3 Å². The van der Waals surface area contributed by atoms with Gasteiger partial charge in [0.15, 0.2) is 0 Å². The fraction of sp³-hybridized carbons (Fsp3) is 0.455. The van der Waals surface area contributed by atoms with Gasteiger partial charge in [0.25, 0.3) is 0 Å². The lowest BCUT2D eigenvalue weighted by Gasteiger charge is -2.16. The number of nitrogens with zero attached hydrogens (tertiary/aromatic N) is 2. The number of hydrogen-bond acceptors (Lipinski definition) is 2. The molecule has 1 aromatic rings. The summed E-state index contributed by atoms with van der Waals surface area (Å²) >= 11 is 5.65. The second kappa shape index (κ2) is 4.76. The van der Waals surface area contributed by atoms with Gasteiger partial charge in [0.1, 0.15) is 11.5 Å². The van der Waals surface area contributed by atoms with Gasteiger partial charge in [-0.05, 0) is 18.1 Å². The molecule has 1 aliphatic rings. The van der Waals surface area contributed by atoms with Gasteiger partial charge >= 0.3 is 6.18 Å². The van der Waals surface area contributed by atoms with E-state index in [0.717, 1.165) is 6.07 Å². The Kier molecular flexibility index (Phi) is 3.47. The number of anilines is 1. The van der Waals surface area contributed by atoms with Gasteiger partial charge in [-0.2, -0.15) is 13.2 Å². The van der Waals surface area contributed by atoms with Gasteiger partial charge in [-0.1, -0.05) is 6.07 Å². The fourth-order valence-corrected chi connectivity index (χ4v) is 2.04. The molecule has 7 heteroatoms. The number of rotatable bonds is 2. The van der Waals surface area contributed by atoms with Gasteiger partial charge in [0.2, 0.25) is 5.91 Å². The molecule has 0 radical (unpaired) electrons. The number of alkyl halides is 4. The molecule has 0 aliphatic carbocycles. The van der Waals surface area contributed by atoms with Crippen molar-refractivity contribution in [1.29, 1.82) is 0 Å². The first-order valence-electron chi connectivity index (χ1n) is 5.32. The number of pyridine rings is 1. The molecular weight excluding hydrogens is 269 g/mol. The van der Waals surface area contributed by atoms with Crippen molar-refractivity contribution in [2.45, 2.75) is 12.6 Å². The summed E-state index contributed by atoms with van der Waals surface area (Å²) < 4.78 is 37.5. The molecular formula is C11H10ClF3N2O. The molecule has 18 heavy (non-hydrogen) atoms. The Balaban J connectivity index is 2.27. The Bertz CT molecular complexity index is 464. The van der Waals surface area contributed by atoms with E-state index in [-0.39, 0.29) is 24.1 Å². The van der Waals surface area contributed by atoms with Crippen molar-refractivity contribution in [3.05, 3.63) is 23.9 Å². The summed E-state index contributed by atoms with van der Waals surface area (Å²) in [4.78, 5) is 16.4. The number of carbonyl (C=O) groups excluding carboxylic acids is 1. The van der Waals surface area contributed by atoms with E-state index in [0.29, 0.717) is 12.4 Å². The van der Waals surface area contributed by atoms with Crippen molar-refractivity contribution >= 4 is 23.3 Å². The Hall–Kier alpha value is -1.30. The Morgan fingerprint density at radius 2 is 2.17 bits per heavy atom. The average Bonchev–Trinajstić information content (AvgIpc) is 2.70. The lowest BCUT2D eigenvalue weighted by molar-refractivity contribution is -0.141. The first-order valence-corrected chi connectivity index (χ1v) is 5.86. The molecule has 3 nitrogen and oxygen atoms in total.